The zero-order chi connectivity index (χ0) is 22.3. The van der Waals surface area contributed by atoms with Crippen molar-refractivity contribution in [2.24, 2.45) is 0 Å². The maximum Gasteiger partial charge on any atom is 0.243 e. The Hall–Kier alpha value is -2.15. The summed E-state index contributed by atoms with van der Waals surface area (Å²) in [5, 5.41) is 6.47. The molecule has 5 atom stereocenters. The molecule has 1 aromatic carbocycles. The number of piperazine rings is 1. The van der Waals surface area contributed by atoms with Crippen LogP contribution in [0.15, 0.2) is 12.1 Å². The molecule has 1 aromatic rings. The van der Waals surface area contributed by atoms with Crippen molar-refractivity contribution < 1.29 is 14.0 Å². The minimum Gasteiger partial charge on any atom is -0.373 e. The van der Waals surface area contributed by atoms with E-state index < -0.39 is 6.04 Å². The van der Waals surface area contributed by atoms with Crippen molar-refractivity contribution in [3.8, 4) is 0 Å². The number of hydrogen-bond donors (Lipinski definition) is 2. The molecule has 0 aromatic heterocycles. The van der Waals surface area contributed by atoms with Crippen LogP contribution in [-0.4, -0.2) is 64.9 Å². The van der Waals surface area contributed by atoms with E-state index in [1.54, 1.807) is 13.0 Å². The number of halogens is 1. The van der Waals surface area contributed by atoms with Gasteiger partial charge in [0, 0.05) is 61.9 Å². The van der Waals surface area contributed by atoms with Crippen molar-refractivity contribution in [1.29, 1.82) is 0 Å². The summed E-state index contributed by atoms with van der Waals surface area (Å²) in [6.45, 7) is 9.59. The Kier molecular flexibility index (Phi) is 6.24. The van der Waals surface area contributed by atoms with Crippen molar-refractivity contribution >= 4 is 17.5 Å². The van der Waals surface area contributed by atoms with Gasteiger partial charge in [0.15, 0.2) is 0 Å². The van der Waals surface area contributed by atoms with Crippen LogP contribution in [0.3, 0.4) is 0 Å². The van der Waals surface area contributed by atoms with Gasteiger partial charge in [0.25, 0.3) is 0 Å². The van der Waals surface area contributed by atoms with Crippen molar-refractivity contribution in [3.63, 3.8) is 0 Å². The van der Waals surface area contributed by atoms with E-state index in [4.69, 9.17) is 0 Å². The summed E-state index contributed by atoms with van der Waals surface area (Å²) in [6, 6.07) is 3.79. The van der Waals surface area contributed by atoms with Gasteiger partial charge in [-0.15, -0.1) is 0 Å². The van der Waals surface area contributed by atoms with Crippen LogP contribution < -0.4 is 10.6 Å². The molecule has 3 aliphatic rings. The number of nitrogens with one attached hydrogen (secondary N) is 2. The van der Waals surface area contributed by atoms with E-state index >= 15 is 0 Å². The third-order valence-corrected chi connectivity index (χ3v) is 7.33. The van der Waals surface area contributed by atoms with Gasteiger partial charge in [-0.25, -0.2) is 4.39 Å². The van der Waals surface area contributed by atoms with Crippen molar-refractivity contribution in [3.05, 3.63) is 29.1 Å². The number of hydrogen-bond acceptors (Lipinski definition) is 4. The minimum atomic E-state index is -0.412. The molecule has 31 heavy (non-hydrogen) atoms. The maximum atomic E-state index is 14.2. The molecule has 2 fully saturated rings. The first-order valence-corrected chi connectivity index (χ1v) is 11.6. The summed E-state index contributed by atoms with van der Waals surface area (Å²) in [6.07, 6.45) is 4.51. The number of benzene rings is 1. The van der Waals surface area contributed by atoms with E-state index in [1.807, 2.05) is 11.8 Å². The van der Waals surface area contributed by atoms with E-state index in [2.05, 4.69) is 29.4 Å². The van der Waals surface area contributed by atoms with E-state index in [-0.39, 0.29) is 35.8 Å². The fourth-order valence-corrected chi connectivity index (χ4v) is 5.94. The van der Waals surface area contributed by atoms with Crippen molar-refractivity contribution in [2.45, 2.75) is 90.0 Å². The molecule has 2 N–H and O–H groups in total. The normalized spacial score (nSPS) is 31.1. The Balaban J connectivity index is 1.35. The average Bonchev–Trinajstić information content (AvgIpc) is 3.17. The average molecular weight is 431 g/mol. The van der Waals surface area contributed by atoms with Crippen LogP contribution in [-0.2, 0) is 16.0 Å². The predicted molar refractivity (Wildman–Crippen MR) is 119 cm³/mol. The molecule has 0 spiro atoms. The Morgan fingerprint density at radius 3 is 2.52 bits per heavy atom. The molecule has 6 nitrogen and oxygen atoms in total. The van der Waals surface area contributed by atoms with Gasteiger partial charge >= 0.3 is 0 Å². The predicted octanol–water partition coefficient (Wildman–Crippen LogP) is 2.84. The summed E-state index contributed by atoms with van der Waals surface area (Å²) in [5.41, 5.74) is 2.36. The lowest BCUT2D eigenvalue weighted by Gasteiger charge is -2.48. The zero-order valence-electron chi connectivity index (χ0n) is 19.1. The molecule has 0 bridgehead atoms. The zero-order valence-corrected chi connectivity index (χ0v) is 19.1. The molecule has 1 aliphatic carbocycles. The number of aryl methyl sites for hydroxylation is 1. The van der Waals surface area contributed by atoms with Gasteiger partial charge in [0.05, 0.1) is 0 Å². The van der Waals surface area contributed by atoms with Gasteiger partial charge in [-0.05, 0) is 58.1 Å². The second kappa shape index (κ2) is 8.77. The Morgan fingerprint density at radius 1 is 1.16 bits per heavy atom. The van der Waals surface area contributed by atoms with Crippen LogP contribution in [0.5, 0.6) is 0 Å². The van der Waals surface area contributed by atoms with E-state index in [1.165, 1.54) is 6.07 Å². The topological polar surface area (TPSA) is 64.7 Å². The molecule has 2 unspecified atom stereocenters. The lowest BCUT2D eigenvalue weighted by Crippen LogP contribution is -2.61. The highest BCUT2D eigenvalue weighted by molar-refractivity contribution is 5.88. The summed E-state index contributed by atoms with van der Waals surface area (Å²) in [7, 11) is 0. The van der Waals surface area contributed by atoms with Crippen molar-refractivity contribution in [1.82, 2.24) is 15.1 Å². The third-order valence-electron chi connectivity index (χ3n) is 7.33. The molecular formula is C24H35FN4O2. The van der Waals surface area contributed by atoms with Gasteiger partial charge in [-0.2, -0.15) is 0 Å². The number of carbonyl (C=O) groups excluding carboxylic acids is 2. The number of fused-ring (bicyclic) bond motifs is 1. The Labute approximate surface area is 184 Å². The molecule has 2 amide bonds. The molecular weight excluding hydrogens is 395 g/mol. The lowest BCUT2D eigenvalue weighted by molar-refractivity contribution is -0.137. The van der Waals surface area contributed by atoms with Gasteiger partial charge < -0.3 is 15.5 Å². The number of nitrogens with zero attached hydrogens (tertiary/aromatic N) is 2. The van der Waals surface area contributed by atoms with E-state index in [0.29, 0.717) is 18.0 Å². The van der Waals surface area contributed by atoms with Gasteiger partial charge in [0.2, 0.25) is 11.8 Å². The van der Waals surface area contributed by atoms with Gasteiger partial charge in [0.1, 0.15) is 11.9 Å². The van der Waals surface area contributed by atoms with Crippen LogP contribution >= 0.6 is 0 Å². The molecule has 2 aliphatic heterocycles. The smallest absolute Gasteiger partial charge is 0.243 e. The van der Waals surface area contributed by atoms with E-state index in [0.717, 1.165) is 50.0 Å². The molecule has 7 heteroatoms. The molecule has 1 saturated heterocycles. The standard InChI is InChI=1S/C24H35FN4O2/c1-14-8-9-21(25)20-11-22(27-23(14)20)24(31)26-18-6-5-7-19(10-18)28-12-15(2)29(17(4)30)16(3)13-28/h8-9,15-16,18-19,22,27H,5-7,10-13H2,1-4H3,(H,26,31)/t15-,16-,18-,19?,22?/m1/s1. The fourth-order valence-electron chi connectivity index (χ4n) is 5.94. The quantitative estimate of drug-likeness (QED) is 0.774. The van der Waals surface area contributed by atoms with Crippen LogP contribution in [0.25, 0.3) is 0 Å². The summed E-state index contributed by atoms with van der Waals surface area (Å²) >= 11 is 0. The molecule has 2 heterocycles. The highest BCUT2D eigenvalue weighted by Crippen LogP contribution is 2.32. The van der Waals surface area contributed by atoms with Crippen LogP contribution in [0, 0.1) is 12.7 Å². The lowest BCUT2D eigenvalue weighted by atomic mass is 9.88. The van der Waals surface area contributed by atoms with Crippen LogP contribution in [0.4, 0.5) is 10.1 Å². The third kappa shape index (κ3) is 4.43. The molecule has 170 valence electrons. The first-order chi connectivity index (χ1) is 14.7. The van der Waals surface area contributed by atoms with Gasteiger partial charge in [-0.3, -0.25) is 14.5 Å². The summed E-state index contributed by atoms with van der Waals surface area (Å²) in [4.78, 5) is 29.4. The number of rotatable bonds is 3. The first-order valence-electron chi connectivity index (χ1n) is 11.6. The summed E-state index contributed by atoms with van der Waals surface area (Å²) < 4.78 is 14.2. The Morgan fingerprint density at radius 2 is 1.87 bits per heavy atom. The molecule has 1 saturated carbocycles. The monoisotopic (exact) mass is 430 g/mol. The second-order valence-electron chi connectivity index (χ2n) is 9.72. The second-order valence-corrected chi connectivity index (χ2v) is 9.72. The van der Waals surface area contributed by atoms with E-state index in [9.17, 15) is 14.0 Å². The Bertz CT molecular complexity index is 817. The SMILES string of the molecule is CC(=O)N1[C@H](C)CN(C2CCC[C@@H](NC(=O)C3Cc4c(F)ccc(C)c4N3)C2)C[C@H]1C. The van der Waals surface area contributed by atoms with Crippen molar-refractivity contribution in [2.75, 3.05) is 18.4 Å². The highest BCUT2D eigenvalue weighted by atomic mass is 19.1. The number of amides is 2. The molecule has 0 radical (unpaired) electrons. The number of carbonyl (C=O) groups is 2. The molecule has 4 rings (SSSR count). The fraction of sp³-hybridized carbons (Fsp3) is 0.667. The first kappa shape index (κ1) is 22.1. The van der Waals surface area contributed by atoms with Crippen LogP contribution in [0.1, 0.15) is 57.6 Å². The minimum absolute atomic E-state index is 0.0382. The highest BCUT2D eigenvalue weighted by Gasteiger charge is 2.37. The van der Waals surface area contributed by atoms with Crippen LogP contribution in [0.2, 0.25) is 0 Å². The summed E-state index contributed by atoms with van der Waals surface area (Å²) in [5.74, 6) is -0.136. The maximum absolute atomic E-state index is 14.2. The largest absolute Gasteiger partial charge is 0.373 e. The van der Waals surface area contributed by atoms with Gasteiger partial charge in [-0.1, -0.05) is 6.07 Å². The number of anilines is 1.